The van der Waals surface area contributed by atoms with E-state index in [4.69, 9.17) is 13.3 Å². The van der Waals surface area contributed by atoms with E-state index in [2.05, 4.69) is 434 Å². The fraction of sp³-hybridized carbons (Fsp3) is 0.0152. The first-order chi connectivity index (χ1) is 70.9. The minimum Gasteiger partial charge on any atom is -0.455 e. The highest BCUT2D eigenvalue weighted by Gasteiger charge is 2.42. The van der Waals surface area contributed by atoms with E-state index >= 15 is 0 Å². The van der Waals surface area contributed by atoms with Crippen LogP contribution in [0.3, 0.4) is 0 Å². The Balaban J connectivity index is 0.0000000985. The predicted octanol–water partition coefficient (Wildman–Crippen LogP) is 34.7. The van der Waals surface area contributed by atoms with Crippen molar-refractivity contribution < 1.29 is 13.3 Å². The molecule has 3 aliphatic carbocycles. The van der Waals surface area contributed by atoms with Crippen molar-refractivity contribution in [2.24, 2.45) is 11.8 Å². The number of fused-ring (bicyclic) bond motifs is 41. The van der Waals surface area contributed by atoms with Crippen LogP contribution in [0.2, 0.25) is 0 Å². The Morgan fingerprint density at radius 3 is 1.07 bits per heavy atom. The molecule has 143 heavy (non-hydrogen) atoms. The largest absolute Gasteiger partial charge is 0.455 e. The van der Waals surface area contributed by atoms with E-state index in [0.717, 1.165) is 154 Å². The molecular weight excluding hydrogens is 1750 g/mol. The lowest BCUT2D eigenvalue weighted by Gasteiger charge is -2.32. The minimum absolute atomic E-state index is 0.234. The molecule has 9 aromatic heterocycles. The average molecular weight is 1820 g/mol. The van der Waals surface area contributed by atoms with E-state index in [0.29, 0.717) is 17.0 Å². The molecule has 11 nitrogen and oxygen atoms in total. The first-order valence-electron chi connectivity index (χ1n) is 48.7. The van der Waals surface area contributed by atoms with Crippen LogP contribution in [-0.4, -0.2) is 27.4 Å². The summed E-state index contributed by atoms with van der Waals surface area (Å²) in [5.74, 6) is 0.553. The molecule has 0 fully saturated rings. The van der Waals surface area contributed by atoms with Gasteiger partial charge in [-0.05, 0) is 225 Å². The lowest BCUT2D eigenvalue weighted by molar-refractivity contribution is 0.672. The first kappa shape index (κ1) is 78.7. The zero-order chi connectivity index (χ0) is 93.7. The van der Waals surface area contributed by atoms with Gasteiger partial charge in [0.2, 0.25) is 0 Å². The Labute approximate surface area is 815 Å². The Bertz CT molecular complexity index is 11100. The van der Waals surface area contributed by atoms with Crippen LogP contribution in [-0.2, 0) is 0 Å². The molecular formula is C132H76N8O3. The van der Waals surface area contributed by atoms with Crippen LogP contribution in [0.1, 0.15) is 22.3 Å². The van der Waals surface area contributed by atoms with Crippen molar-refractivity contribution in [1.82, 2.24) is 27.4 Å². The fourth-order valence-electron chi connectivity index (χ4n) is 25.1. The van der Waals surface area contributed by atoms with Crippen molar-refractivity contribution in [1.29, 1.82) is 10.5 Å². The second-order valence-corrected chi connectivity index (χ2v) is 38.0. The molecule has 21 aromatic carbocycles. The first-order valence-corrected chi connectivity index (χ1v) is 48.7. The topological polar surface area (TPSA) is 117 Å². The number of para-hydroxylation sites is 9. The molecule has 0 bridgehead atoms. The summed E-state index contributed by atoms with van der Waals surface area (Å²) in [7, 11) is 0. The van der Waals surface area contributed by atoms with Gasteiger partial charge in [0.25, 0.3) is 0 Å². The van der Waals surface area contributed by atoms with E-state index in [-0.39, 0.29) is 5.92 Å². The highest BCUT2D eigenvalue weighted by molar-refractivity contribution is 6.36. The van der Waals surface area contributed by atoms with Gasteiger partial charge in [0.1, 0.15) is 45.6 Å². The molecule has 0 radical (unpaired) electrons. The molecule has 2 unspecified atom stereocenters. The van der Waals surface area contributed by atoms with E-state index in [1.807, 2.05) is 42.5 Å². The van der Waals surface area contributed by atoms with Crippen LogP contribution >= 0.6 is 0 Å². The van der Waals surface area contributed by atoms with Gasteiger partial charge in [0.05, 0.1) is 99.2 Å². The van der Waals surface area contributed by atoms with Gasteiger partial charge in [-0.15, -0.1) is 0 Å². The second kappa shape index (κ2) is 30.0. The molecule has 2 atom stereocenters. The Kier molecular flexibility index (Phi) is 16.5. The molecule has 0 N–H and O–H groups in total. The molecule has 3 aliphatic rings. The third-order valence-corrected chi connectivity index (χ3v) is 30.9. The van der Waals surface area contributed by atoms with E-state index in [1.54, 1.807) is 12.1 Å². The van der Waals surface area contributed by atoms with Gasteiger partial charge in [-0.25, -0.2) is 0 Å². The lowest BCUT2D eigenvalue weighted by Crippen LogP contribution is -2.21. The van der Waals surface area contributed by atoms with Crippen molar-refractivity contribution in [3.63, 3.8) is 0 Å². The summed E-state index contributed by atoms with van der Waals surface area (Å²) in [6, 6.07) is 154. The van der Waals surface area contributed by atoms with Crippen LogP contribution < -0.4 is 0 Å². The summed E-state index contributed by atoms with van der Waals surface area (Å²) in [5.41, 5.74) is 32.2. The molecule has 0 saturated carbocycles. The number of benzene rings is 21. The van der Waals surface area contributed by atoms with Gasteiger partial charge in [-0.1, -0.05) is 273 Å². The standard InChI is InChI=1S/C48H28N2O.C46H28N2O.C38H20N4O/c1-2-13-30(14-3-1)49-42-26-24-36-35-18-9-11-21-44(35)51-48(36)46(42)38-25-27-41-45(47(38)49)37-19-8-10-20-40(37)50(41)43-28-39-31-15-5-4-12-29(31)22-23-33(39)32-16-6-7-17-34(32)43;1-2-11-27(12-3-1)47-40-25-22-33-30-15-7-9-20-41(30)49-46(33)44(40)36-23-26-39-43(45(36)47)35-16-6-8-19-37(35)48(39)38-24-21-32-29-14-5-4-13-28(29)31-17-10-18-34(38)42(31)32;39-21-23-14-15-26(20-24(23)22-40)41-31-12-6-4-11-29(31)35-32(41)19-17-30-36-33(42(37(30)35)25-8-2-1-3-9-25)18-16-28-27-10-5-7-13-34(27)43-38(28)36/h1-28H;1-26,34,42H;1-20H. The van der Waals surface area contributed by atoms with E-state index < -0.39 is 0 Å². The number of hydrogen-bond acceptors (Lipinski definition) is 5. The van der Waals surface area contributed by atoms with Crippen molar-refractivity contribution in [2.45, 2.75) is 0 Å². The monoisotopic (exact) mass is 1820 g/mol. The maximum absolute atomic E-state index is 9.80. The quantitative estimate of drug-likeness (QED) is 0.154. The van der Waals surface area contributed by atoms with Crippen LogP contribution in [0.4, 0.5) is 0 Å². The summed E-state index contributed by atoms with van der Waals surface area (Å²) in [4.78, 5) is 0. The van der Waals surface area contributed by atoms with Crippen molar-refractivity contribution in [3.05, 3.63) is 471 Å². The van der Waals surface area contributed by atoms with E-state index in [1.165, 1.54) is 131 Å². The SMILES string of the molecule is C1=CC2C(n3c4ccccc4c4c3ccc3c5c6oc7ccccc7c6ccc5n(-c5ccccc5)c34)=CC=C3c4ccccc4C(=C1)C32.N#Cc1ccc(-n2c3ccccc3c3c2ccc2c4c5oc6ccccc6c5ccc4n(-c4ccccc4)c23)cc1C#N.c1ccc(-n2c3ccc4c5ccccc5oc4c3c3ccc4c(c5ccccc5n4-c4cc5c6ccccc6ccc5c5ccccc45)c32)cc1. The maximum atomic E-state index is 9.80. The number of rotatable bonds is 6. The van der Waals surface area contributed by atoms with Crippen molar-refractivity contribution in [2.75, 3.05) is 0 Å². The van der Waals surface area contributed by atoms with Gasteiger partial charge in [-0.2, -0.15) is 10.5 Å². The van der Waals surface area contributed by atoms with Gasteiger partial charge >= 0.3 is 0 Å². The Morgan fingerprint density at radius 2 is 0.587 bits per heavy atom. The normalized spacial score (nSPS) is 14.1. The summed E-state index contributed by atoms with van der Waals surface area (Å²) < 4.78 is 34.4. The zero-order valence-corrected chi connectivity index (χ0v) is 76.7. The number of allylic oxidation sites excluding steroid dienone is 8. The van der Waals surface area contributed by atoms with Crippen LogP contribution in [0.25, 0.3) is 274 Å². The molecule has 0 amide bonds. The number of nitriles is 2. The number of hydrogen-bond donors (Lipinski definition) is 0. The zero-order valence-electron chi connectivity index (χ0n) is 76.7. The maximum Gasteiger partial charge on any atom is 0.145 e. The lowest BCUT2D eigenvalue weighted by atomic mass is 9.76. The smallest absolute Gasteiger partial charge is 0.145 e. The summed E-state index contributed by atoms with van der Waals surface area (Å²) >= 11 is 0. The molecule has 0 spiro atoms. The summed E-state index contributed by atoms with van der Waals surface area (Å²) in [5, 5.41) is 47.7. The number of aromatic nitrogens is 6. The molecule has 662 valence electrons. The van der Waals surface area contributed by atoms with Gasteiger partial charge in [-0.3, -0.25) is 0 Å². The number of nitrogens with zero attached hydrogens (tertiary/aromatic N) is 8. The van der Waals surface area contributed by atoms with E-state index in [9.17, 15) is 10.5 Å². The van der Waals surface area contributed by atoms with Crippen LogP contribution in [0, 0.1) is 34.5 Å². The molecule has 0 aliphatic heterocycles. The van der Waals surface area contributed by atoms with Crippen molar-refractivity contribution in [3.8, 4) is 40.6 Å². The third-order valence-electron chi connectivity index (χ3n) is 30.9. The summed E-state index contributed by atoms with van der Waals surface area (Å²) in [6.07, 6.45) is 11.8. The molecule has 9 heterocycles. The Hall–Kier alpha value is -19.5. The highest BCUT2D eigenvalue weighted by atomic mass is 16.3. The molecule has 33 rings (SSSR count). The average Bonchev–Trinajstić information content (AvgIpc) is 1.54. The van der Waals surface area contributed by atoms with Crippen LogP contribution in [0.5, 0.6) is 0 Å². The second-order valence-electron chi connectivity index (χ2n) is 38.0. The molecule has 30 aromatic rings. The third kappa shape index (κ3) is 11.0. The van der Waals surface area contributed by atoms with Gasteiger partial charge in [0.15, 0.2) is 0 Å². The number of furan rings is 3. The van der Waals surface area contributed by atoms with Gasteiger partial charge in [0, 0.05) is 126 Å². The van der Waals surface area contributed by atoms with Crippen LogP contribution in [0.15, 0.2) is 462 Å². The molecule has 11 heteroatoms. The Morgan fingerprint density at radius 1 is 0.224 bits per heavy atom. The predicted molar refractivity (Wildman–Crippen MR) is 591 cm³/mol. The van der Waals surface area contributed by atoms with Crippen molar-refractivity contribution >= 4 is 246 Å². The minimum atomic E-state index is 0.234. The fourth-order valence-corrected chi connectivity index (χ4v) is 25.1. The molecule has 0 saturated heterocycles. The summed E-state index contributed by atoms with van der Waals surface area (Å²) in [6.45, 7) is 0. The highest BCUT2D eigenvalue weighted by Crippen LogP contribution is 2.58. The van der Waals surface area contributed by atoms with Gasteiger partial charge < -0.3 is 40.7 Å².